The molecule has 1 saturated heterocycles. The molecule has 162 valence electrons. The van der Waals surface area contributed by atoms with Gasteiger partial charge in [-0.15, -0.1) is 0 Å². The van der Waals surface area contributed by atoms with Crippen LogP contribution in [0.15, 0.2) is 42.5 Å². The fourth-order valence-electron chi connectivity index (χ4n) is 3.83. The molecule has 7 heteroatoms. The first-order valence-corrected chi connectivity index (χ1v) is 12.2. The lowest BCUT2D eigenvalue weighted by molar-refractivity contribution is -0.116. The number of benzene rings is 2. The molecule has 1 fully saturated rings. The number of nitrogens with one attached hydrogen (secondary N) is 1. The van der Waals surface area contributed by atoms with Crippen LogP contribution in [-0.4, -0.2) is 39.7 Å². The van der Waals surface area contributed by atoms with Gasteiger partial charge in [0, 0.05) is 24.5 Å². The molecule has 1 amide bonds. The quantitative estimate of drug-likeness (QED) is 0.751. The van der Waals surface area contributed by atoms with Crippen LogP contribution in [0.5, 0.6) is 0 Å². The highest BCUT2D eigenvalue weighted by atomic mass is 32.2. The molecule has 6 nitrogen and oxygen atoms in total. The molecule has 0 aliphatic carbocycles. The summed E-state index contributed by atoms with van der Waals surface area (Å²) in [7, 11) is -3.64. The third-order valence-electron chi connectivity index (χ3n) is 5.69. The monoisotopic (exact) mass is 429 g/mol. The Bertz CT molecular complexity index is 997. The van der Waals surface area contributed by atoms with Gasteiger partial charge in [-0.1, -0.05) is 6.07 Å². The van der Waals surface area contributed by atoms with Gasteiger partial charge in [0.1, 0.15) is 6.04 Å². The summed E-state index contributed by atoms with van der Waals surface area (Å²) in [5.74, 6) is -0.371. The van der Waals surface area contributed by atoms with Crippen LogP contribution in [0.25, 0.3) is 0 Å². The van der Waals surface area contributed by atoms with E-state index in [-0.39, 0.29) is 5.91 Å². The molecule has 0 bridgehead atoms. The summed E-state index contributed by atoms with van der Waals surface area (Å²) in [4.78, 5) is 15.2. The van der Waals surface area contributed by atoms with Gasteiger partial charge < -0.3 is 10.2 Å². The topological polar surface area (TPSA) is 69.7 Å². The number of nitrogens with zero attached hydrogens (tertiary/aromatic N) is 2. The van der Waals surface area contributed by atoms with E-state index in [0.29, 0.717) is 11.4 Å². The van der Waals surface area contributed by atoms with Gasteiger partial charge in [0.25, 0.3) is 0 Å². The highest BCUT2D eigenvalue weighted by Gasteiger charge is 2.29. The van der Waals surface area contributed by atoms with E-state index in [0.717, 1.165) is 36.2 Å². The van der Waals surface area contributed by atoms with Crippen molar-refractivity contribution in [1.29, 1.82) is 0 Å². The van der Waals surface area contributed by atoms with Gasteiger partial charge in [0.2, 0.25) is 15.9 Å². The number of sulfonamides is 1. The van der Waals surface area contributed by atoms with E-state index in [9.17, 15) is 13.2 Å². The van der Waals surface area contributed by atoms with Gasteiger partial charge in [-0.05, 0) is 87.6 Å². The molecule has 1 N–H and O–H groups in total. The summed E-state index contributed by atoms with van der Waals surface area (Å²) < 4.78 is 26.2. The normalized spacial score (nSPS) is 15.5. The van der Waals surface area contributed by atoms with E-state index in [1.165, 1.54) is 23.6 Å². The molecule has 0 spiro atoms. The average molecular weight is 430 g/mol. The average Bonchev–Trinajstić information content (AvgIpc) is 2.71. The summed E-state index contributed by atoms with van der Waals surface area (Å²) in [6.45, 7) is 7.61. The molecule has 1 aliphatic rings. The first-order valence-electron chi connectivity index (χ1n) is 10.4. The standard InChI is InChI=1S/C23H31N3O3S/c1-17-8-11-22(16-18(17)2)26(30(4,28)29)19(3)23(27)24-20-9-12-21(13-10-20)25-14-6-5-7-15-25/h8-13,16,19H,5-7,14-15H2,1-4H3,(H,24,27)/t19-/m0/s1. The first kappa shape index (κ1) is 22.2. The molecule has 0 unspecified atom stereocenters. The number of amides is 1. The Kier molecular flexibility index (Phi) is 6.71. The number of carbonyl (C=O) groups excluding carboxylic acids is 1. The number of aryl methyl sites for hydroxylation is 2. The summed E-state index contributed by atoms with van der Waals surface area (Å²) in [5, 5.41) is 2.86. The SMILES string of the molecule is Cc1ccc(N([C@@H](C)C(=O)Nc2ccc(N3CCCCC3)cc2)S(C)(=O)=O)cc1C. The Morgan fingerprint density at radius 1 is 1.00 bits per heavy atom. The lowest BCUT2D eigenvalue weighted by atomic mass is 10.1. The maximum atomic E-state index is 12.9. The Morgan fingerprint density at radius 3 is 2.20 bits per heavy atom. The zero-order valence-corrected chi connectivity index (χ0v) is 19.0. The number of anilines is 3. The van der Waals surface area contributed by atoms with Crippen LogP contribution in [0, 0.1) is 13.8 Å². The largest absolute Gasteiger partial charge is 0.372 e. The molecule has 0 aromatic heterocycles. The molecule has 1 atom stereocenters. The highest BCUT2D eigenvalue weighted by Crippen LogP contribution is 2.25. The van der Waals surface area contributed by atoms with Crippen molar-refractivity contribution < 1.29 is 13.2 Å². The molecule has 2 aromatic rings. The molecule has 2 aromatic carbocycles. The number of piperidine rings is 1. The van der Waals surface area contributed by atoms with Crippen molar-refractivity contribution in [2.45, 2.75) is 46.1 Å². The van der Waals surface area contributed by atoms with Crippen LogP contribution >= 0.6 is 0 Å². The Morgan fingerprint density at radius 2 is 1.63 bits per heavy atom. The highest BCUT2D eigenvalue weighted by molar-refractivity contribution is 7.92. The smallest absolute Gasteiger partial charge is 0.247 e. The lowest BCUT2D eigenvalue weighted by Crippen LogP contribution is -2.45. The summed E-state index contributed by atoms with van der Waals surface area (Å²) in [6.07, 6.45) is 4.81. The van der Waals surface area contributed by atoms with E-state index in [4.69, 9.17) is 0 Å². The number of hydrogen-bond acceptors (Lipinski definition) is 4. The van der Waals surface area contributed by atoms with Crippen LogP contribution in [0.2, 0.25) is 0 Å². The predicted molar refractivity (Wildman–Crippen MR) is 124 cm³/mol. The van der Waals surface area contributed by atoms with Crippen LogP contribution in [0.3, 0.4) is 0 Å². The summed E-state index contributed by atoms with van der Waals surface area (Å²) in [5.41, 5.74) is 4.33. The van der Waals surface area contributed by atoms with Crippen molar-refractivity contribution in [2.75, 3.05) is 33.9 Å². The van der Waals surface area contributed by atoms with Crippen molar-refractivity contribution in [3.05, 3.63) is 53.6 Å². The van der Waals surface area contributed by atoms with Crippen molar-refractivity contribution in [3.63, 3.8) is 0 Å². The van der Waals surface area contributed by atoms with E-state index < -0.39 is 16.1 Å². The third-order valence-corrected chi connectivity index (χ3v) is 6.93. The number of carbonyl (C=O) groups is 1. The Balaban J connectivity index is 1.76. The molecule has 1 aliphatic heterocycles. The van der Waals surface area contributed by atoms with Gasteiger partial charge >= 0.3 is 0 Å². The second-order valence-electron chi connectivity index (χ2n) is 8.09. The number of rotatable bonds is 6. The summed E-state index contributed by atoms with van der Waals surface area (Å²) in [6, 6.07) is 12.3. The van der Waals surface area contributed by atoms with E-state index in [1.54, 1.807) is 19.1 Å². The maximum absolute atomic E-state index is 12.9. The van der Waals surface area contributed by atoms with Gasteiger partial charge in [0.15, 0.2) is 0 Å². The van der Waals surface area contributed by atoms with Gasteiger partial charge in [0.05, 0.1) is 11.9 Å². The van der Waals surface area contributed by atoms with E-state index >= 15 is 0 Å². The van der Waals surface area contributed by atoms with Crippen molar-refractivity contribution >= 4 is 33.0 Å². The van der Waals surface area contributed by atoms with Crippen molar-refractivity contribution in [1.82, 2.24) is 0 Å². The van der Waals surface area contributed by atoms with E-state index in [2.05, 4.69) is 10.2 Å². The minimum absolute atomic E-state index is 0.371. The molecular formula is C23H31N3O3S. The zero-order valence-electron chi connectivity index (χ0n) is 18.2. The second kappa shape index (κ2) is 9.08. The fraction of sp³-hybridized carbons (Fsp3) is 0.435. The Hall–Kier alpha value is -2.54. The van der Waals surface area contributed by atoms with Crippen LogP contribution < -0.4 is 14.5 Å². The minimum Gasteiger partial charge on any atom is -0.372 e. The van der Waals surface area contributed by atoms with Crippen LogP contribution in [0.1, 0.15) is 37.3 Å². The van der Waals surface area contributed by atoms with Crippen molar-refractivity contribution in [3.8, 4) is 0 Å². The predicted octanol–water partition coefficient (Wildman–Crippen LogP) is 4.09. The molecule has 0 radical (unpaired) electrons. The van der Waals surface area contributed by atoms with Gasteiger partial charge in [-0.2, -0.15) is 0 Å². The third kappa shape index (κ3) is 5.14. The maximum Gasteiger partial charge on any atom is 0.247 e. The first-order chi connectivity index (χ1) is 14.2. The number of hydrogen-bond donors (Lipinski definition) is 1. The van der Waals surface area contributed by atoms with E-state index in [1.807, 2.05) is 44.2 Å². The molecule has 0 saturated carbocycles. The molecule has 3 rings (SSSR count). The minimum atomic E-state index is -3.64. The summed E-state index contributed by atoms with van der Waals surface area (Å²) >= 11 is 0. The van der Waals surface area contributed by atoms with Crippen LogP contribution in [-0.2, 0) is 14.8 Å². The second-order valence-corrected chi connectivity index (χ2v) is 9.95. The molecule has 1 heterocycles. The Labute approximate surface area is 179 Å². The lowest BCUT2D eigenvalue weighted by Gasteiger charge is -2.29. The van der Waals surface area contributed by atoms with Crippen molar-refractivity contribution in [2.24, 2.45) is 0 Å². The van der Waals surface area contributed by atoms with Crippen LogP contribution in [0.4, 0.5) is 17.1 Å². The van der Waals surface area contributed by atoms with Gasteiger partial charge in [-0.25, -0.2) is 8.42 Å². The fourth-order valence-corrected chi connectivity index (χ4v) is 4.99. The zero-order chi connectivity index (χ0) is 21.9. The molecular weight excluding hydrogens is 398 g/mol. The van der Waals surface area contributed by atoms with Gasteiger partial charge in [-0.3, -0.25) is 9.10 Å². The molecule has 30 heavy (non-hydrogen) atoms.